The minimum Gasteiger partial charge on any atom is -0.290 e. The van der Waals surface area contributed by atoms with Gasteiger partial charge in [0, 0.05) is 12.3 Å². The highest BCUT2D eigenvalue weighted by Crippen LogP contribution is 2.58. The Bertz CT molecular complexity index is 553. The molecule has 2 rings (SSSR count). The third-order valence-corrected chi connectivity index (χ3v) is 6.24. The van der Waals surface area contributed by atoms with Crippen molar-refractivity contribution in [2.24, 2.45) is 29.2 Å². The third kappa shape index (κ3) is 3.22. The van der Waals surface area contributed by atoms with Crippen molar-refractivity contribution in [2.45, 2.75) is 62.5 Å². The SMILES string of the molecule is CCCC(N)(N)OS(=O)(=O)C(F)(F)C(F)(F)C1CC2CCC1C2. The van der Waals surface area contributed by atoms with Crippen LogP contribution in [0.4, 0.5) is 17.6 Å². The topological polar surface area (TPSA) is 95.4 Å². The van der Waals surface area contributed by atoms with E-state index in [0.717, 1.165) is 6.42 Å². The van der Waals surface area contributed by atoms with Gasteiger partial charge in [-0.1, -0.05) is 19.8 Å². The molecule has 4 N–H and O–H groups in total. The number of fused-ring (bicyclic) bond motifs is 2. The zero-order valence-electron chi connectivity index (χ0n) is 12.8. The van der Waals surface area contributed by atoms with Gasteiger partial charge in [0.2, 0.25) is 0 Å². The van der Waals surface area contributed by atoms with Gasteiger partial charge in [0.15, 0.2) is 5.85 Å². The fraction of sp³-hybridized carbons (Fsp3) is 1.00. The van der Waals surface area contributed by atoms with E-state index in [1.165, 1.54) is 0 Å². The molecule has 3 unspecified atom stereocenters. The van der Waals surface area contributed by atoms with Crippen molar-refractivity contribution < 1.29 is 30.2 Å². The summed E-state index contributed by atoms with van der Waals surface area (Å²) in [6, 6.07) is 0. The van der Waals surface area contributed by atoms with Crippen molar-refractivity contribution in [2.75, 3.05) is 0 Å². The summed E-state index contributed by atoms with van der Waals surface area (Å²) < 4.78 is 84.5. The molecule has 2 bridgehead atoms. The number of nitrogens with two attached hydrogens (primary N) is 2. The highest BCUT2D eigenvalue weighted by molar-refractivity contribution is 7.87. The number of halogens is 4. The molecule has 2 fully saturated rings. The molecule has 0 aromatic carbocycles. The Balaban J connectivity index is 2.24. The van der Waals surface area contributed by atoms with Crippen LogP contribution in [0.5, 0.6) is 0 Å². The van der Waals surface area contributed by atoms with E-state index in [9.17, 15) is 26.0 Å². The fourth-order valence-corrected chi connectivity index (χ4v) is 4.84. The molecular weight excluding hydrogens is 340 g/mol. The maximum Gasteiger partial charge on any atom is 0.432 e. The molecule has 0 saturated heterocycles. The van der Waals surface area contributed by atoms with E-state index in [2.05, 4.69) is 4.18 Å². The van der Waals surface area contributed by atoms with Gasteiger partial charge in [-0.2, -0.15) is 26.0 Å². The predicted octanol–water partition coefficient (Wildman–Crippen LogP) is 2.37. The van der Waals surface area contributed by atoms with Gasteiger partial charge in [0.1, 0.15) is 0 Å². The van der Waals surface area contributed by atoms with Gasteiger partial charge in [-0.3, -0.25) is 11.5 Å². The summed E-state index contributed by atoms with van der Waals surface area (Å²) in [6.45, 7) is 1.56. The normalized spacial score (nSPS) is 29.3. The maximum atomic E-state index is 14.3. The molecule has 0 aliphatic heterocycles. The van der Waals surface area contributed by atoms with Crippen molar-refractivity contribution in [3.63, 3.8) is 0 Å². The molecule has 5 nitrogen and oxygen atoms in total. The lowest BCUT2D eigenvalue weighted by Gasteiger charge is -2.36. The minimum atomic E-state index is -5.98. The summed E-state index contributed by atoms with van der Waals surface area (Å²) in [7, 11) is -5.98. The summed E-state index contributed by atoms with van der Waals surface area (Å²) in [5.74, 6) is -9.48. The third-order valence-electron chi connectivity index (χ3n) is 4.81. The molecule has 23 heavy (non-hydrogen) atoms. The molecular formula is C13H22F4N2O3S. The zero-order valence-corrected chi connectivity index (χ0v) is 13.6. The second-order valence-electron chi connectivity index (χ2n) is 6.66. The van der Waals surface area contributed by atoms with E-state index in [1.807, 2.05) is 0 Å². The Morgan fingerprint density at radius 1 is 1.13 bits per heavy atom. The van der Waals surface area contributed by atoms with Crippen LogP contribution in [-0.4, -0.2) is 25.4 Å². The first-order chi connectivity index (χ1) is 10.3. The van der Waals surface area contributed by atoms with Crippen molar-refractivity contribution in [3.05, 3.63) is 0 Å². The van der Waals surface area contributed by atoms with Crippen LogP contribution >= 0.6 is 0 Å². The maximum absolute atomic E-state index is 14.3. The number of rotatable bonds is 7. The van der Waals surface area contributed by atoms with Gasteiger partial charge < -0.3 is 0 Å². The summed E-state index contributed by atoms with van der Waals surface area (Å²) in [5.41, 5.74) is 10.5. The second kappa shape index (κ2) is 5.82. The zero-order chi connectivity index (χ0) is 17.7. The molecule has 2 aliphatic carbocycles. The molecule has 0 heterocycles. The molecule has 0 aromatic rings. The molecule has 10 heteroatoms. The van der Waals surface area contributed by atoms with Gasteiger partial charge in [0.05, 0.1) is 0 Å². The number of hydrogen-bond acceptors (Lipinski definition) is 5. The van der Waals surface area contributed by atoms with Crippen LogP contribution in [0.3, 0.4) is 0 Å². The van der Waals surface area contributed by atoms with Gasteiger partial charge in [-0.15, -0.1) is 0 Å². The molecule has 3 atom stereocenters. The van der Waals surface area contributed by atoms with Crippen molar-refractivity contribution in [1.82, 2.24) is 0 Å². The van der Waals surface area contributed by atoms with E-state index in [4.69, 9.17) is 11.5 Å². The van der Waals surface area contributed by atoms with Crippen molar-refractivity contribution >= 4 is 10.1 Å². The Morgan fingerprint density at radius 3 is 2.17 bits per heavy atom. The highest BCUT2D eigenvalue weighted by Gasteiger charge is 2.72. The van der Waals surface area contributed by atoms with Gasteiger partial charge in [-0.25, -0.2) is 4.18 Å². The first-order valence-electron chi connectivity index (χ1n) is 7.62. The monoisotopic (exact) mass is 362 g/mol. The van der Waals surface area contributed by atoms with Crippen molar-refractivity contribution in [3.8, 4) is 0 Å². The minimum absolute atomic E-state index is 0.0431. The molecule has 2 saturated carbocycles. The Labute approximate surface area is 132 Å². The van der Waals surface area contributed by atoms with E-state index in [1.54, 1.807) is 6.92 Å². The van der Waals surface area contributed by atoms with E-state index < -0.39 is 39.0 Å². The number of hydrogen-bond donors (Lipinski definition) is 2. The highest BCUT2D eigenvalue weighted by atomic mass is 32.2. The Morgan fingerprint density at radius 2 is 1.74 bits per heavy atom. The average molecular weight is 362 g/mol. The van der Waals surface area contributed by atoms with Crippen molar-refractivity contribution in [1.29, 1.82) is 0 Å². The largest absolute Gasteiger partial charge is 0.432 e. The standard InChI is InChI=1S/C13H22F4N2O3S/c1-2-5-11(18,19)22-23(20,21)13(16,17)12(14,15)10-7-8-3-4-9(10)6-8/h8-10H,2-7,18-19H2,1H3. The smallest absolute Gasteiger partial charge is 0.290 e. The molecule has 0 aromatic heterocycles. The lowest BCUT2D eigenvalue weighted by Crippen LogP contribution is -2.59. The van der Waals surface area contributed by atoms with Gasteiger partial charge >= 0.3 is 21.3 Å². The van der Waals surface area contributed by atoms with Crippen LogP contribution in [0.1, 0.15) is 45.4 Å². The summed E-state index contributed by atoms with van der Waals surface area (Å²) >= 11 is 0. The average Bonchev–Trinajstić information content (AvgIpc) is 2.98. The van der Waals surface area contributed by atoms with Gasteiger partial charge in [0.25, 0.3) is 0 Å². The summed E-state index contributed by atoms with van der Waals surface area (Å²) in [5, 5.41) is -5.38. The molecule has 136 valence electrons. The van der Waals surface area contributed by atoms with E-state index in [-0.39, 0.29) is 25.2 Å². The van der Waals surface area contributed by atoms with E-state index >= 15 is 0 Å². The van der Waals surface area contributed by atoms with Crippen LogP contribution in [0.2, 0.25) is 0 Å². The lowest BCUT2D eigenvalue weighted by atomic mass is 9.84. The van der Waals surface area contributed by atoms with Crippen LogP contribution in [0, 0.1) is 17.8 Å². The Hall–Kier alpha value is -0.450. The van der Waals surface area contributed by atoms with E-state index in [0.29, 0.717) is 12.8 Å². The molecule has 0 amide bonds. The Kier molecular flexibility index (Phi) is 4.78. The van der Waals surface area contributed by atoms with Gasteiger partial charge in [-0.05, 0) is 31.1 Å². The quantitative estimate of drug-likeness (QED) is 0.412. The lowest BCUT2D eigenvalue weighted by molar-refractivity contribution is -0.205. The second-order valence-corrected chi connectivity index (χ2v) is 8.25. The van der Waals surface area contributed by atoms with Crippen LogP contribution in [0.25, 0.3) is 0 Å². The van der Waals surface area contributed by atoms with Crippen LogP contribution < -0.4 is 11.5 Å². The summed E-state index contributed by atoms with van der Waals surface area (Å²) in [6.07, 6.45) is 1.42. The molecule has 2 aliphatic rings. The first-order valence-corrected chi connectivity index (χ1v) is 9.03. The first kappa shape index (κ1) is 18.9. The molecule has 0 spiro atoms. The van der Waals surface area contributed by atoms with Crippen LogP contribution in [0.15, 0.2) is 0 Å². The molecule has 0 radical (unpaired) electrons. The predicted molar refractivity (Wildman–Crippen MR) is 74.9 cm³/mol. The summed E-state index contributed by atoms with van der Waals surface area (Å²) in [4.78, 5) is 0. The van der Waals surface area contributed by atoms with Crippen LogP contribution in [-0.2, 0) is 14.3 Å². The fourth-order valence-electron chi connectivity index (χ4n) is 3.76. The number of alkyl halides is 4.